The van der Waals surface area contributed by atoms with Crippen LogP contribution in [0, 0.1) is 0 Å². The van der Waals surface area contributed by atoms with Gasteiger partial charge in [-0.3, -0.25) is 4.79 Å². The average molecular weight is 366 g/mol. The van der Waals surface area contributed by atoms with Crippen molar-refractivity contribution in [2.75, 3.05) is 11.9 Å². The van der Waals surface area contributed by atoms with E-state index in [4.69, 9.17) is 0 Å². The third-order valence-corrected chi connectivity index (χ3v) is 4.91. The summed E-state index contributed by atoms with van der Waals surface area (Å²) in [5, 5.41) is 7.42. The van der Waals surface area contributed by atoms with Gasteiger partial charge in [-0.25, -0.2) is 13.9 Å². The number of rotatable bonds is 4. The van der Waals surface area contributed by atoms with Crippen LogP contribution in [-0.2, 0) is 11.3 Å². The molecule has 0 aliphatic carbocycles. The van der Waals surface area contributed by atoms with Crippen molar-refractivity contribution in [2.45, 2.75) is 38.8 Å². The van der Waals surface area contributed by atoms with Crippen LogP contribution in [0.2, 0.25) is 0 Å². The molecule has 140 valence electrons. The lowest BCUT2D eigenvalue weighted by Gasteiger charge is -2.33. The number of carbonyl (C=O) groups excluding carboxylic acids is 1. The third-order valence-electron chi connectivity index (χ3n) is 4.91. The second-order valence-corrected chi connectivity index (χ2v) is 6.85. The fraction of sp³-hybridized carbons (Fsp3) is 0.368. The van der Waals surface area contributed by atoms with Crippen LogP contribution in [-0.4, -0.2) is 42.6 Å². The minimum atomic E-state index is -0.359. The number of nitrogens with zero attached hydrogens (tertiary/aromatic N) is 5. The average Bonchev–Trinajstić information content (AvgIpc) is 2.98. The van der Waals surface area contributed by atoms with Crippen LogP contribution in [0.1, 0.15) is 26.2 Å². The summed E-state index contributed by atoms with van der Waals surface area (Å²) in [7, 11) is 0. The first kappa shape index (κ1) is 17.3. The highest BCUT2D eigenvalue weighted by Gasteiger charge is 2.24. The molecule has 1 aromatic carbocycles. The maximum absolute atomic E-state index is 12.6. The number of benzene rings is 1. The Labute approximate surface area is 156 Å². The van der Waals surface area contributed by atoms with E-state index in [0.29, 0.717) is 5.82 Å². The number of para-hydroxylation sites is 1. The SMILES string of the molecule is CC1CCCCN1C(=O)Cn1nc2nc(Nc3ccccc3)ccn2c1=O. The Kier molecular flexibility index (Phi) is 4.62. The molecule has 1 N–H and O–H groups in total. The van der Waals surface area contributed by atoms with Gasteiger partial charge in [0.05, 0.1) is 0 Å². The summed E-state index contributed by atoms with van der Waals surface area (Å²) in [5.74, 6) is 0.776. The first-order chi connectivity index (χ1) is 13.1. The van der Waals surface area contributed by atoms with E-state index in [2.05, 4.69) is 15.4 Å². The van der Waals surface area contributed by atoms with Crippen molar-refractivity contribution in [3.63, 3.8) is 0 Å². The Morgan fingerprint density at radius 3 is 2.81 bits per heavy atom. The molecule has 2 aromatic heterocycles. The van der Waals surface area contributed by atoms with Crippen molar-refractivity contribution >= 4 is 23.2 Å². The summed E-state index contributed by atoms with van der Waals surface area (Å²) >= 11 is 0. The topological polar surface area (TPSA) is 84.5 Å². The van der Waals surface area contributed by atoms with Gasteiger partial charge in [-0.05, 0) is 44.4 Å². The molecule has 3 aromatic rings. The van der Waals surface area contributed by atoms with E-state index < -0.39 is 0 Å². The second kappa shape index (κ2) is 7.22. The van der Waals surface area contributed by atoms with Crippen LogP contribution in [0.4, 0.5) is 11.5 Å². The van der Waals surface area contributed by atoms with Crippen molar-refractivity contribution < 1.29 is 4.79 Å². The number of amides is 1. The molecule has 1 unspecified atom stereocenters. The maximum Gasteiger partial charge on any atom is 0.352 e. The molecular weight excluding hydrogens is 344 g/mol. The van der Waals surface area contributed by atoms with Gasteiger partial charge >= 0.3 is 5.69 Å². The Morgan fingerprint density at radius 1 is 1.22 bits per heavy atom. The van der Waals surface area contributed by atoms with E-state index in [1.165, 1.54) is 9.08 Å². The van der Waals surface area contributed by atoms with Crippen molar-refractivity contribution in [3.8, 4) is 0 Å². The summed E-state index contributed by atoms with van der Waals surface area (Å²) in [6, 6.07) is 11.6. The largest absolute Gasteiger partial charge is 0.352 e. The van der Waals surface area contributed by atoms with Crippen LogP contribution in [0.15, 0.2) is 47.4 Å². The quantitative estimate of drug-likeness (QED) is 0.764. The van der Waals surface area contributed by atoms with Crippen molar-refractivity contribution in [2.24, 2.45) is 0 Å². The Bertz CT molecular complexity index is 1010. The Morgan fingerprint density at radius 2 is 2.04 bits per heavy atom. The molecule has 0 saturated carbocycles. The number of piperidine rings is 1. The van der Waals surface area contributed by atoms with E-state index in [-0.39, 0.29) is 30.0 Å². The number of likely N-dealkylation sites (tertiary alicyclic amines) is 1. The van der Waals surface area contributed by atoms with Crippen molar-refractivity contribution in [3.05, 3.63) is 53.1 Å². The minimum absolute atomic E-state index is 0.0615. The van der Waals surface area contributed by atoms with Gasteiger partial charge in [0.25, 0.3) is 5.78 Å². The fourth-order valence-corrected chi connectivity index (χ4v) is 3.44. The summed E-state index contributed by atoms with van der Waals surface area (Å²) in [6.45, 7) is 2.73. The normalized spacial score (nSPS) is 17.2. The summed E-state index contributed by atoms with van der Waals surface area (Å²) in [5.41, 5.74) is 0.534. The zero-order chi connectivity index (χ0) is 18.8. The van der Waals surface area contributed by atoms with E-state index >= 15 is 0 Å². The number of hydrogen-bond acceptors (Lipinski definition) is 5. The molecule has 0 bridgehead atoms. The lowest BCUT2D eigenvalue weighted by atomic mass is 10.0. The second-order valence-electron chi connectivity index (χ2n) is 6.85. The van der Waals surface area contributed by atoms with E-state index in [0.717, 1.165) is 31.5 Å². The standard InChI is InChI=1S/C19H22N6O2/c1-14-7-5-6-11-23(14)17(26)13-25-19(27)24-12-10-16(21-18(24)22-25)20-15-8-3-2-4-9-15/h2-4,8-10,12,14H,5-7,11,13H2,1H3,(H,20,21,22). The molecule has 3 heterocycles. The van der Waals surface area contributed by atoms with Crippen LogP contribution in [0.3, 0.4) is 0 Å². The number of hydrogen-bond donors (Lipinski definition) is 1. The molecule has 1 aliphatic rings. The molecule has 1 amide bonds. The number of nitrogens with one attached hydrogen (secondary N) is 1. The smallest absolute Gasteiger partial charge is 0.340 e. The fourth-order valence-electron chi connectivity index (χ4n) is 3.44. The molecule has 1 atom stereocenters. The van der Waals surface area contributed by atoms with Crippen LogP contribution >= 0.6 is 0 Å². The van der Waals surface area contributed by atoms with Gasteiger partial charge in [0.1, 0.15) is 12.4 Å². The molecule has 8 nitrogen and oxygen atoms in total. The predicted molar refractivity (Wildman–Crippen MR) is 102 cm³/mol. The number of carbonyl (C=O) groups is 1. The van der Waals surface area contributed by atoms with Crippen LogP contribution in [0.5, 0.6) is 0 Å². The van der Waals surface area contributed by atoms with Crippen LogP contribution in [0.25, 0.3) is 5.78 Å². The number of anilines is 2. The Balaban J connectivity index is 1.56. The van der Waals surface area contributed by atoms with Gasteiger partial charge in [0.15, 0.2) is 0 Å². The predicted octanol–water partition coefficient (Wildman–Crippen LogP) is 2.04. The molecule has 1 saturated heterocycles. The number of fused-ring (bicyclic) bond motifs is 1. The molecular formula is C19H22N6O2. The minimum Gasteiger partial charge on any atom is -0.340 e. The van der Waals surface area contributed by atoms with E-state index in [1.807, 2.05) is 42.2 Å². The first-order valence-electron chi connectivity index (χ1n) is 9.19. The molecule has 4 rings (SSSR count). The highest BCUT2D eigenvalue weighted by atomic mass is 16.2. The van der Waals surface area contributed by atoms with Gasteiger partial charge in [-0.2, -0.15) is 4.98 Å². The highest BCUT2D eigenvalue weighted by Crippen LogP contribution is 2.17. The monoisotopic (exact) mass is 366 g/mol. The van der Waals surface area contributed by atoms with Gasteiger partial charge in [0.2, 0.25) is 5.91 Å². The highest BCUT2D eigenvalue weighted by molar-refractivity contribution is 5.76. The zero-order valence-electron chi connectivity index (χ0n) is 15.2. The lowest BCUT2D eigenvalue weighted by Crippen LogP contribution is -2.44. The number of aromatic nitrogens is 4. The molecule has 0 radical (unpaired) electrons. The van der Waals surface area contributed by atoms with Gasteiger partial charge < -0.3 is 10.2 Å². The summed E-state index contributed by atoms with van der Waals surface area (Å²) < 4.78 is 2.54. The lowest BCUT2D eigenvalue weighted by molar-refractivity contribution is -0.135. The molecule has 1 aliphatic heterocycles. The van der Waals surface area contributed by atoms with E-state index in [1.54, 1.807) is 12.3 Å². The van der Waals surface area contributed by atoms with Gasteiger partial charge in [0, 0.05) is 24.5 Å². The van der Waals surface area contributed by atoms with Crippen molar-refractivity contribution in [1.82, 2.24) is 24.1 Å². The maximum atomic E-state index is 12.6. The van der Waals surface area contributed by atoms with Crippen LogP contribution < -0.4 is 11.0 Å². The van der Waals surface area contributed by atoms with Crippen molar-refractivity contribution in [1.29, 1.82) is 0 Å². The summed E-state index contributed by atoms with van der Waals surface area (Å²) in [4.78, 5) is 31.4. The molecule has 0 spiro atoms. The van der Waals surface area contributed by atoms with Gasteiger partial charge in [-0.1, -0.05) is 18.2 Å². The zero-order valence-corrected chi connectivity index (χ0v) is 15.2. The van der Waals surface area contributed by atoms with E-state index in [9.17, 15) is 9.59 Å². The van der Waals surface area contributed by atoms with Gasteiger partial charge in [-0.15, -0.1) is 5.10 Å². The first-order valence-corrected chi connectivity index (χ1v) is 9.19. The Hall–Kier alpha value is -3.16. The molecule has 1 fully saturated rings. The molecule has 27 heavy (non-hydrogen) atoms. The summed E-state index contributed by atoms with van der Waals surface area (Å²) in [6.07, 6.45) is 4.77. The molecule has 8 heteroatoms. The third kappa shape index (κ3) is 3.55.